The SMILES string of the molecule is O=C(Cc1nnc(-c2cccc(F)c2)o1)NCc1ccc2c(c1)OCO2. The van der Waals surface area contributed by atoms with Gasteiger partial charge in [0.25, 0.3) is 0 Å². The highest BCUT2D eigenvalue weighted by Crippen LogP contribution is 2.32. The summed E-state index contributed by atoms with van der Waals surface area (Å²) in [6.45, 7) is 0.538. The Hall–Kier alpha value is -3.42. The highest BCUT2D eigenvalue weighted by atomic mass is 19.1. The number of halogens is 1. The Bertz CT molecular complexity index is 957. The highest BCUT2D eigenvalue weighted by Gasteiger charge is 2.15. The first-order chi connectivity index (χ1) is 12.7. The second kappa shape index (κ2) is 6.83. The van der Waals surface area contributed by atoms with Crippen molar-refractivity contribution in [3.8, 4) is 23.0 Å². The number of fused-ring (bicyclic) bond motifs is 1. The second-order valence-corrected chi connectivity index (χ2v) is 5.65. The van der Waals surface area contributed by atoms with Crippen LogP contribution in [-0.2, 0) is 17.8 Å². The number of ether oxygens (including phenoxy) is 2. The van der Waals surface area contributed by atoms with E-state index < -0.39 is 5.82 Å². The maximum absolute atomic E-state index is 13.2. The van der Waals surface area contributed by atoms with E-state index in [1.165, 1.54) is 12.1 Å². The van der Waals surface area contributed by atoms with E-state index in [0.29, 0.717) is 23.6 Å². The van der Waals surface area contributed by atoms with Crippen molar-refractivity contribution in [2.45, 2.75) is 13.0 Å². The minimum atomic E-state index is -0.399. The van der Waals surface area contributed by atoms with Crippen molar-refractivity contribution in [2.24, 2.45) is 0 Å². The molecule has 0 bridgehead atoms. The first kappa shape index (κ1) is 16.1. The van der Waals surface area contributed by atoms with Crippen LogP contribution in [-0.4, -0.2) is 22.9 Å². The van der Waals surface area contributed by atoms with Crippen LogP contribution < -0.4 is 14.8 Å². The molecule has 0 atom stereocenters. The minimum Gasteiger partial charge on any atom is -0.454 e. The molecule has 1 aromatic heterocycles. The fourth-order valence-corrected chi connectivity index (χ4v) is 2.51. The summed E-state index contributed by atoms with van der Waals surface area (Å²) in [6.07, 6.45) is -0.0626. The first-order valence-corrected chi connectivity index (χ1v) is 7.91. The van der Waals surface area contributed by atoms with E-state index in [9.17, 15) is 9.18 Å². The molecule has 0 unspecified atom stereocenters. The first-order valence-electron chi connectivity index (χ1n) is 7.91. The van der Waals surface area contributed by atoms with Crippen LogP contribution >= 0.6 is 0 Å². The summed E-state index contributed by atoms with van der Waals surface area (Å²) in [5, 5.41) is 10.4. The van der Waals surface area contributed by atoms with E-state index in [-0.39, 0.29) is 30.9 Å². The zero-order valence-corrected chi connectivity index (χ0v) is 13.6. The van der Waals surface area contributed by atoms with Crippen LogP contribution in [0.25, 0.3) is 11.5 Å². The molecule has 8 heteroatoms. The summed E-state index contributed by atoms with van der Waals surface area (Å²) in [7, 11) is 0. The van der Waals surface area contributed by atoms with Gasteiger partial charge in [-0.15, -0.1) is 10.2 Å². The third kappa shape index (κ3) is 3.49. The lowest BCUT2D eigenvalue weighted by Crippen LogP contribution is -2.24. The third-order valence-corrected chi connectivity index (χ3v) is 3.78. The second-order valence-electron chi connectivity index (χ2n) is 5.65. The zero-order valence-electron chi connectivity index (χ0n) is 13.6. The lowest BCUT2D eigenvalue weighted by molar-refractivity contribution is -0.120. The molecule has 7 nitrogen and oxygen atoms in total. The number of carbonyl (C=O) groups excluding carboxylic acids is 1. The Kier molecular flexibility index (Phi) is 4.22. The number of hydrogen-bond acceptors (Lipinski definition) is 6. The van der Waals surface area contributed by atoms with E-state index in [1.807, 2.05) is 12.1 Å². The molecular weight excluding hydrogens is 341 g/mol. The number of amides is 1. The summed E-state index contributed by atoms with van der Waals surface area (Å²) in [6, 6.07) is 11.3. The van der Waals surface area contributed by atoms with Crippen molar-refractivity contribution in [1.82, 2.24) is 15.5 Å². The monoisotopic (exact) mass is 355 g/mol. The molecule has 0 fully saturated rings. The van der Waals surface area contributed by atoms with E-state index in [1.54, 1.807) is 18.2 Å². The van der Waals surface area contributed by atoms with Gasteiger partial charge in [-0.2, -0.15) is 0 Å². The van der Waals surface area contributed by atoms with E-state index >= 15 is 0 Å². The number of carbonyl (C=O) groups is 1. The molecule has 26 heavy (non-hydrogen) atoms. The summed E-state index contributed by atoms with van der Waals surface area (Å²) in [5.41, 5.74) is 1.35. The van der Waals surface area contributed by atoms with E-state index in [0.717, 1.165) is 5.56 Å². The van der Waals surface area contributed by atoms with Crippen molar-refractivity contribution in [2.75, 3.05) is 6.79 Å². The topological polar surface area (TPSA) is 86.5 Å². The van der Waals surface area contributed by atoms with Gasteiger partial charge in [-0.25, -0.2) is 4.39 Å². The van der Waals surface area contributed by atoms with Crippen LogP contribution in [0.2, 0.25) is 0 Å². The smallest absolute Gasteiger partial charge is 0.247 e. The van der Waals surface area contributed by atoms with Crippen LogP contribution in [0.5, 0.6) is 11.5 Å². The van der Waals surface area contributed by atoms with Gasteiger partial charge < -0.3 is 19.2 Å². The predicted octanol–water partition coefficient (Wildman–Crippen LogP) is 2.46. The molecule has 0 saturated heterocycles. The highest BCUT2D eigenvalue weighted by molar-refractivity contribution is 5.77. The molecule has 0 saturated carbocycles. The van der Waals surface area contributed by atoms with Gasteiger partial charge in [0, 0.05) is 12.1 Å². The van der Waals surface area contributed by atoms with Crippen LogP contribution in [0.1, 0.15) is 11.5 Å². The van der Waals surface area contributed by atoms with Crippen molar-refractivity contribution in [1.29, 1.82) is 0 Å². The lowest BCUT2D eigenvalue weighted by Gasteiger charge is -2.05. The van der Waals surface area contributed by atoms with Crippen molar-refractivity contribution >= 4 is 5.91 Å². The number of hydrogen-bond donors (Lipinski definition) is 1. The molecule has 1 aliphatic rings. The Labute approximate surface area is 147 Å². The lowest BCUT2D eigenvalue weighted by atomic mass is 10.2. The van der Waals surface area contributed by atoms with Gasteiger partial charge in [0.15, 0.2) is 11.5 Å². The summed E-state index contributed by atoms with van der Waals surface area (Å²) in [5.74, 6) is 1.01. The van der Waals surface area contributed by atoms with E-state index in [2.05, 4.69) is 15.5 Å². The molecule has 1 aliphatic heterocycles. The Morgan fingerprint density at radius 1 is 1.12 bits per heavy atom. The van der Waals surface area contributed by atoms with Crippen molar-refractivity contribution in [3.63, 3.8) is 0 Å². The maximum Gasteiger partial charge on any atom is 0.247 e. The average Bonchev–Trinajstić information content (AvgIpc) is 3.28. The number of nitrogens with one attached hydrogen (secondary N) is 1. The van der Waals surface area contributed by atoms with Gasteiger partial charge in [-0.1, -0.05) is 12.1 Å². The van der Waals surface area contributed by atoms with Gasteiger partial charge in [0.1, 0.15) is 12.2 Å². The summed E-state index contributed by atoms with van der Waals surface area (Å²) >= 11 is 0. The fraction of sp³-hybridized carbons (Fsp3) is 0.167. The van der Waals surface area contributed by atoms with Crippen LogP contribution in [0.3, 0.4) is 0 Å². The van der Waals surface area contributed by atoms with Gasteiger partial charge in [-0.05, 0) is 35.9 Å². The molecule has 3 aromatic rings. The number of benzene rings is 2. The number of rotatable bonds is 5. The molecule has 1 amide bonds. The quantitative estimate of drug-likeness (QED) is 0.757. The van der Waals surface area contributed by atoms with Gasteiger partial charge in [-0.3, -0.25) is 4.79 Å². The maximum atomic E-state index is 13.2. The largest absolute Gasteiger partial charge is 0.454 e. The molecule has 0 aliphatic carbocycles. The Balaban J connectivity index is 1.35. The number of aromatic nitrogens is 2. The van der Waals surface area contributed by atoms with Crippen LogP contribution in [0.15, 0.2) is 46.9 Å². The molecule has 1 N–H and O–H groups in total. The van der Waals surface area contributed by atoms with Crippen LogP contribution in [0, 0.1) is 5.82 Å². The van der Waals surface area contributed by atoms with E-state index in [4.69, 9.17) is 13.9 Å². The Morgan fingerprint density at radius 3 is 2.88 bits per heavy atom. The number of nitrogens with zero attached hydrogens (tertiary/aromatic N) is 2. The molecule has 132 valence electrons. The Morgan fingerprint density at radius 2 is 2.00 bits per heavy atom. The molecule has 4 rings (SSSR count). The van der Waals surface area contributed by atoms with Crippen molar-refractivity contribution in [3.05, 3.63) is 59.7 Å². The van der Waals surface area contributed by atoms with Crippen molar-refractivity contribution < 1.29 is 23.1 Å². The third-order valence-electron chi connectivity index (χ3n) is 3.78. The van der Waals surface area contributed by atoms with Crippen LogP contribution in [0.4, 0.5) is 4.39 Å². The van der Waals surface area contributed by atoms with Gasteiger partial charge in [0.2, 0.25) is 24.5 Å². The van der Waals surface area contributed by atoms with Gasteiger partial charge in [0.05, 0.1) is 0 Å². The zero-order chi connectivity index (χ0) is 17.9. The van der Waals surface area contributed by atoms with Gasteiger partial charge >= 0.3 is 0 Å². The molecule has 0 spiro atoms. The minimum absolute atomic E-state index is 0.0626. The predicted molar refractivity (Wildman–Crippen MR) is 87.8 cm³/mol. The molecule has 0 radical (unpaired) electrons. The molecule has 2 aromatic carbocycles. The summed E-state index contributed by atoms with van der Waals surface area (Å²) < 4.78 is 29.2. The molecule has 2 heterocycles. The average molecular weight is 355 g/mol. The molecular formula is C18H14FN3O4. The standard InChI is InChI=1S/C18H14FN3O4/c19-13-3-1-2-12(7-13)18-22-21-17(26-18)8-16(23)20-9-11-4-5-14-15(6-11)25-10-24-14/h1-7H,8-10H2,(H,20,23). The normalized spacial score (nSPS) is 12.2. The summed E-state index contributed by atoms with van der Waals surface area (Å²) in [4.78, 5) is 12.1. The fourth-order valence-electron chi connectivity index (χ4n) is 2.51.